The fourth-order valence-electron chi connectivity index (χ4n) is 2.74. The SMILES string of the molecule is N=C(N=c1scc(-c2ccccc2)n1Cc1ccncc1)c1ccccn1. The molecule has 0 unspecified atom stereocenters. The van der Waals surface area contributed by atoms with Crippen LogP contribution in [0.5, 0.6) is 0 Å². The first-order valence-corrected chi connectivity index (χ1v) is 9.36. The van der Waals surface area contributed by atoms with Gasteiger partial charge in [0.05, 0.1) is 12.2 Å². The molecule has 1 aromatic carbocycles. The largest absolute Gasteiger partial charge is 0.312 e. The van der Waals surface area contributed by atoms with Gasteiger partial charge in [-0.2, -0.15) is 4.99 Å². The Hall–Kier alpha value is -3.38. The van der Waals surface area contributed by atoms with Gasteiger partial charge < -0.3 is 4.57 Å². The van der Waals surface area contributed by atoms with Gasteiger partial charge in [0.1, 0.15) is 5.69 Å². The van der Waals surface area contributed by atoms with Crippen molar-refractivity contribution in [1.29, 1.82) is 5.41 Å². The van der Waals surface area contributed by atoms with E-state index >= 15 is 0 Å². The van der Waals surface area contributed by atoms with E-state index in [-0.39, 0.29) is 5.84 Å². The first kappa shape index (κ1) is 17.1. The predicted octanol–water partition coefficient (Wildman–Crippen LogP) is 3.98. The number of hydrogen-bond acceptors (Lipinski definition) is 4. The van der Waals surface area contributed by atoms with E-state index in [0.29, 0.717) is 12.2 Å². The summed E-state index contributed by atoms with van der Waals surface area (Å²) in [6, 6.07) is 19.7. The summed E-state index contributed by atoms with van der Waals surface area (Å²) in [5, 5.41) is 10.4. The molecule has 0 aliphatic heterocycles. The fraction of sp³-hybridized carbons (Fsp3) is 0.0476. The smallest absolute Gasteiger partial charge is 0.192 e. The summed E-state index contributed by atoms with van der Waals surface area (Å²) < 4.78 is 2.13. The molecule has 0 spiro atoms. The highest BCUT2D eigenvalue weighted by atomic mass is 32.1. The number of aromatic nitrogens is 3. The van der Waals surface area contributed by atoms with Gasteiger partial charge in [0.2, 0.25) is 0 Å². The van der Waals surface area contributed by atoms with Crippen LogP contribution in [0.4, 0.5) is 0 Å². The molecule has 0 bridgehead atoms. The van der Waals surface area contributed by atoms with E-state index in [1.165, 1.54) is 11.3 Å². The molecule has 6 heteroatoms. The van der Waals surface area contributed by atoms with E-state index in [0.717, 1.165) is 21.6 Å². The maximum atomic E-state index is 8.31. The zero-order valence-electron chi connectivity index (χ0n) is 14.5. The second-order valence-electron chi connectivity index (χ2n) is 5.89. The Balaban J connectivity index is 1.81. The van der Waals surface area contributed by atoms with Gasteiger partial charge in [0.25, 0.3) is 0 Å². The number of nitrogens with zero attached hydrogens (tertiary/aromatic N) is 4. The molecule has 0 aliphatic rings. The molecule has 1 N–H and O–H groups in total. The summed E-state index contributed by atoms with van der Waals surface area (Å²) >= 11 is 1.53. The Bertz CT molecular complexity index is 1100. The first-order chi connectivity index (χ1) is 13.3. The van der Waals surface area contributed by atoms with Gasteiger partial charge in [0.15, 0.2) is 10.6 Å². The lowest BCUT2D eigenvalue weighted by Gasteiger charge is -2.09. The number of nitrogens with one attached hydrogen (secondary N) is 1. The van der Waals surface area contributed by atoms with Gasteiger partial charge in [-0.1, -0.05) is 36.4 Å². The molecular formula is C21H17N5S. The third kappa shape index (κ3) is 3.91. The zero-order chi connectivity index (χ0) is 18.5. The molecular weight excluding hydrogens is 354 g/mol. The van der Waals surface area contributed by atoms with Crippen molar-refractivity contribution in [1.82, 2.24) is 14.5 Å². The number of amidine groups is 1. The van der Waals surface area contributed by atoms with Crippen molar-refractivity contribution in [3.05, 3.63) is 101 Å². The second kappa shape index (κ2) is 7.88. The summed E-state index contributed by atoms with van der Waals surface area (Å²) in [5.41, 5.74) is 3.88. The summed E-state index contributed by atoms with van der Waals surface area (Å²) in [5.74, 6) is 0.153. The molecule has 132 valence electrons. The van der Waals surface area contributed by atoms with Crippen LogP contribution in [0.1, 0.15) is 11.3 Å². The lowest BCUT2D eigenvalue weighted by Crippen LogP contribution is -2.19. The first-order valence-electron chi connectivity index (χ1n) is 8.48. The van der Waals surface area contributed by atoms with E-state index in [2.05, 4.69) is 37.0 Å². The molecule has 0 atom stereocenters. The molecule has 27 heavy (non-hydrogen) atoms. The molecule has 4 rings (SSSR count). The number of hydrogen-bond donors (Lipinski definition) is 1. The number of benzene rings is 1. The number of thiazole rings is 1. The third-order valence-corrected chi connectivity index (χ3v) is 4.94. The molecule has 0 fully saturated rings. The van der Waals surface area contributed by atoms with Crippen LogP contribution in [0.2, 0.25) is 0 Å². The molecule has 0 amide bonds. The van der Waals surface area contributed by atoms with Crippen LogP contribution in [0.25, 0.3) is 11.3 Å². The Morgan fingerprint density at radius 1 is 0.963 bits per heavy atom. The number of rotatable bonds is 4. The second-order valence-corrected chi connectivity index (χ2v) is 6.72. The summed E-state index contributed by atoms with van der Waals surface area (Å²) in [7, 11) is 0. The Kier molecular flexibility index (Phi) is 4.98. The minimum Gasteiger partial charge on any atom is -0.312 e. The Labute approximate surface area is 160 Å². The van der Waals surface area contributed by atoms with E-state index in [1.54, 1.807) is 24.7 Å². The van der Waals surface area contributed by atoms with Crippen LogP contribution in [-0.4, -0.2) is 20.4 Å². The highest BCUT2D eigenvalue weighted by Gasteiger charge is 2.10. The van der Waals surface area contributed by atoms with Crippen LogP contribution < -0.4 is 4.80 Å². The van der Waals surface area contributed by atoms with Crippen LogP contribution in [-0.2, 0) is 6.54 Å². The summed E-state index contributed by atoms with van der Waals surface area (Å²) in [4.78, 5) is 13.6. The van der Waals surface area contributed by atoms with Crippen molar-refractivity contribution in [2.75, 3.05) is 0 Å². The maximum absolute atomic E-state index is 8.31. The Morgan fingerprint density at radius 3 is 2.48 bits per heavy atom. The maximum Gasteiger partial charge on any atom is 0.192 e. The minimum atomic E-state index is 0.153. The van der Waals surface area contributed by atoms with Gasteiger partial charge in [-0.25, -0.2) is 0 Å². The van der Waals surface area contributed by atoms with Gasteiger partial charge in [0, 0.05) is 24.0 Å². The van der Waals surface area contributed by atoms with Crippen molar-refractivity contribution >= 4 is 17.2 Å². The van der Waals surface area contributed by atoms with Crippen LogP contribution in [0, 0.1) is 5.41 Å². The molecule has 0 saturated heterocycles. The lowest BCUT2D eigenvalue weighted by molar-refractivity contribution is 0.778. The monoisotopic (exact) mass is 371 g/mol. The van der Waals surface area contributed by atoms with Gasteiger partial charge in [-0.3, -0.25) is 15.4 Å². The average Bonchev–Trinajstić information content (AvgIpc) is 3.12. The average molecular weight is 371 g/mol. The fourth-order valence-corrected chi connectivity index (χ4v) is 3.65. The Morgan fingerprint density at radius 2 is 1.74 bits per heavy atom. The zero-order valence-corrected chi connectivity index (χ0v) is 15.3. The summed E-state index contributed by atoms with van der Waals surface area (Å²) in [6.07, 6.45) is 5.25. The van der Waals surface area contributed by atoms with Crippen molar-refractivity contribution in [2.45, 2.75) is 6.54 Å². The minimum absolute atomic E-state index is 0.153. The van der Waals surface area contributed by atoms with Crippen LogP contribution in [0.3, 0.4) is 0 Å². The lowest BCUT2D eigenvalue weighted by atomic mass is 10.1. The van der Waals surface area contributed by atoms with Crippen LogP contribution in [0.15, 0.2) is 89.6 Å². The molecule has 0 aliphatic carbocycles. The third-order valence-electron chi connectivity index (χ3n) is 4.07. The highest BCUT2D eigenvalue weighted by Crippen LogP contribution is 2.20. The molecule has 3 aromatic heterocycles. The van der Waals surface area contributed by atoms with Crippen molar-refractivity contribution in [2.24, 2.45) is 4.99 Å². The quantitative estimate of drug-likeness (QED) is 0.435. The molecule has 5 nitrogen and oxygen atoms in total. The van der Waals surface area contributed by atoms with Crippen LogP contribution >= 0.6 is 11.3 Å². The van der Waals surface area contributed by atoms with Gasteiger partial charge >= 0.3 is 0 Å². The number of pyridine rings is 2. The predicted molar refractivity (Wildman–Crippen MR) is 108 cm³/mol. The van der Waals surface area contributed by atoms with E-state index in [9.17, 15) is 0 Å². The van der Waals surface area contributed by atoms with E-state index in [1.807, 2.05) is 42.5 Å². The summed E-state index contributed by atoms with van der Waals surface area (Å²) in [6.45, 7) is 0.657. The van der Waals surface area contributed by atoms with Crippen molar-refractivity contribution < 1.29 is 0 Å². The molecule has 0 saturated carbocycles. The van der Waals surface area contributed by atoms with Gasteiger partial charge in [-0.05, 0) is 35.4 Å². The molecule has 4 aromatic rings. The topological polar surface area (TPSA) is 66.9 Å². The molecule has 3 heterocycles. The van der Waals surface area contributed by atoms with Crippen molar-refractivity contribution in [3.63, 3.8) is 0 Å². The van der Waals surface area contributed by atoms with Gasteiger partial charge in [-0.15, -0.1) is 11.3 Å². The van der Waals surface area contributed by atoms with Crippen molar-refractivity contribution in [3.8, 4) is 11.3 Å². The standard InChI is InChI=1S/C21H17N5S/c22-20(18-8-4-5-11-24-18)25-21-26(14-16-9-12-23-13-10-16)19(15-27-21)17-6-2-1-3-7-17/h1-13,15,22H,14H2. The van der Waals surface area contributed by atoms with E-state index in [4.69, 9.17) is 5.41 Å². The van der Waals surface area contributed by atoms with E-state index < -0.39 is 0 Å². The molecule has 0 radical (unpaired) electrons. The normalized spacial score (nSPS) is 11.5. The highest BCUT2D eigenvalue weighted by molar-refractivity contribution is 7.07.